The third-order valence-corrected chi connectivity index (χ3v) is 3.81. The van der Waals surface area contributed by atoms with Gasteiger partial charge in [0.1, 0.15) is 11.6 Å². The van der Waals surface area contributed by atoms with Crippen LogP contribution in [0.5, 0.6) is 0 Å². The number of hydrogen-bond acceptors (Lipinski definition) is 3. The Bertz CT molecular complexity index is 535. The molecule has 7 heteroatoms. The van der Waals surface area contributed by atoms with Crippen LogP contribution in [0, 0.1) is 11.6 Å². The third kappa shape index (κ3) is 6.41. The Morgan fingerprint density at radius 3 is 2.83 bits per heavy atom. The van der Waals surface area contributed by atoms with E-state index in [2.05, 4.69) is 15.6 Å². The predicted octanol–water partition coefficient (Wildman–Crippen LogP) is 2.22. The van der Waals surface area contributed by atoms with Gasteiger partial charge in [0, 0.05) is 45.5 Å². The highest BCUT2D eigenvalue weighted by Gasteiger charge is 2.13. The topological polar surface area (TPSA) is 54.9 Å². The zero-order valence-electron chi connectivity index (χ0n) is 14.0. The minimum Gasteiger partial charge on any atom is -0.381 e. The van der Waals surface area contributed by atoms with E-state index in [4.69, 9.17) is 9.47 Å². The first-order valence-corrected chi connectivity index (χ1v) is 8.27. The van der Waals surface area contributed by atoms with Gasteiger partial charge in [-0.15, -0.1) is 0 Å². The first kappa shape index (κ1) is 18.6. The van der Waals surface area contributed by atoms with Crippen LogP contribution in [0.3, 0.4) is 0 Å². The number of rotatable bonds is 7. The lowest BCUT2D eigenvalue weighted by molar-refractivity contribution is -0.0320. The quantitative estimate of drug-likeness (QED) is 0.454. The number of nitrogens with one attached hydrogen (secondary N) is 2. The Hall–Kier alpha value is -1.73. The number of hydrogen-bond donors (Lipinski definition) is 2. The molecule has 0 spiro atoms. The summed E-state index contributed by atoms with van der Waals surface area (Å²) < 4.78 is 37.8. The van der Waals surface area contributed by atoms with Gasteiger partial charge in [-0.3, -0.25) is 4.99 Å². The lowest BCUT2D eigenvalue weighted by Gasteiger charge is -2.22. The molecule has 1 heterocycles. The van der Waals surface area contributed by atoms with Crippen molar-refractivity contribution in [3.63, 3.8) is 0 Å². The molecule has 1 saturated heterocycles. The van der Waals surface area contributed by atoms with E-state index in [0.717, 1.165) is 44.6 Å². The molecule has 0 aliphatic carbocycles. The van der Waals surface area contributed by atoms with Gasteiger partial charge in [0.25, 0.3) is 0 Å². The van der Waals surface area contributed by atoms with Gasteiger partial charge in [-0.05, 0) is 37.5 Å². The van der Waals surface area contributed by atoms with E-state index in [1.165, 1.54) is 6.07 Å². The molecule has 5 nitrogen and oxygen atoms in total. The fourth-order valence-corrected chi connectivity index (χ4v) is 2.45. The zero-order chi connectivity index (χ0) is 17.2. The van der Waals surface area contributed by atoms with Crippen LogP contribution in [0.2, 0.25) is 0 Å². The first-order chi connectivity index (χ1) is 11.7. The minimum atomic E-state index is -0.457. The van der Waals surface area contributed by atoms with Crippen LogP contribution in [-0.2, 0) is 16.0 Å². The fourth-order valence-electron chi connectivity index (χ4n) is 2.45. The molecule has 1 aromatic carbocycles. The standard InChI is InChI=1S/C17H25F2N3O2/c1-20-17(22-12-13-11-14(18)3-4-16(13)19)21-7-2-8-24-15-5-9-23-10-6-15/h3-4,11,15H,2,5-10,12H2,1H3,(H2,20,21,22). The van der Waals surface area contributed by atoms with Crippen molar-refractivity contribution >= 4 is 5.96 Å². The summed E-state index contributed by atoms with van der Waals surface area (Å²) in [6, 6.07) is 3.40. The Labute approximate surface area is 141 Å². The number of nitrogens with zero attached hydrogens (tertiary/aromatic N) is 1. The molecular formula is C17H25F2N3O2. The van der Waals surface area contributed by atoms with Crippen molar-refractivity contribution in [2.75, 3.05) is 33.4 Å². The molecule has 2 rings (SSSR count). The highest BCUT2D eigenvalue weighted by molar-refractivity contribution is 5.79. The van der Waals surface area contributed by atoms with Crippen molar-refractivity contribution in [3.8, 4) is 0 Å². The van der Waals surface area contributed by atoms with Crippen LogP contribution in [0.25, 0.3) is 0 Å². The second-order valence-electron chi connectivity index (χ2n) is 5.62. The van der Waals surface area contributed by atoms with Crippen molar-refractivity contribution < 1.29 is 18.3 Å². The lowest BCUT2D eigenvalue weighted by atomic mass is 10.1. The molecule has 1 aliphatic heterocycles. The van der Waals surface area contributed by atoms with Gasteiger partial charge in [0.2, 0.25) is 0 Å². The highest BCUT2D eigenvalue weighted by atomic mass is 19.1. The molecule has 0 atom stereocenters. The molecule has 0 radical (unpaired) electrons. The van der Waals surface area contributed by atoms with Gasteiger partial charge < -0.3 is 20.1 Å². The van der Waals surface area contributed by atoms with E-state index in [9.17, 15) is 8.78 Å². The molecule has 0 amide bonds. The van der Waals surface area contributed by atoms with Gasteiger partial charge in [0.15, 0.2) is 5.96 Å². The van der Waals surface area contributed by atoms with Crippen LogP contribution >= 0.6 is 0 Å². The maximum absolute atomic E-state index is 13.6. The van der Waals surface area contributed by atoms with E-state index < -0.39 is 11.6 Å². The van der Waals surface area contributed by atoms with E-state index in [0.29, 0.717) is 25.2 Å². The van der Waals surface area contributed by atoms with Crippen LogP contribution in [-0.4, -0.2) is 45.5 Å². The smallest absolute Gasteiger partial charge is 0.191 e. The largest absolute Gasteiger partial charge is 0.381 e. The molecule has 1 aromatic rings. The van der Waals surface area contributed by atoms with Crippen molar-refractivity contribution in [1.82, 2.24) is 10.6 Å². The zero-order valence-corrected chi connectivity index (χ0v) is 14.0. The fraction of sp³-hybridized carbons (Fsp3) is 0.588. The molecule has 0 unspecified atom stereocenters. The summed E-state index contributed by atoms with van der Waals surface area (Å²) in [7, 11) is 1.63. The summed E-state index contributed by atoms with van der Waals surface area (Å²) >= 11 is 0. The summed E-state index contributed by atoms with van der Waals surface area (Å²) in [6.07, 6.45) is 3.05. The monoisotopic (exact) mass is 341 g/mol. The summed E-state index contributed by atoms with van der Waals surface area (Å²) in [5.74, 6) is -0.352. The molecule has 1 aliphatic rings. The second-order valence-corrected chi connectivity index (χ2v) is 5.62. The Morgan fingerprint density at radius 1 is 1.29 bits per heavy atom. The van der Waals surface area contributed by atoms with Gasteiger partial charge in [-0.2, -0.15) is 0 Å². The van der Waals surface area contributed by atoms with Crippen molar-refractivity contribution in [3.05, 3.63) is 35.4 Å². The summed E-state index contributed by atoms with van der Waals surface area (Å²) in [5.41, 5.74) is 0.265. The maximum Gasteiger partial charge on any atom is 0.191 e. The second kappa shape index (κ2) is 10.2. The molecule has 0 saturated carbocycles. The third-order valence-electron chi connectivity index (χ3n) is 3.81. The highest BCUT2D eigenvalue weighted by Crippen LogP contribution is 2.10. The van der Waals surface area contributed by atoms with E-state index in [-0.39, 0.29) is 12.1 Å². The molecule has 24 heavy (non-hydrogen) atoms. The first-order valence-electron chi connectivity index (χ1n) is 8.27. The molecular weight excluding hydrogens is 316 g/mol. The molecule has 0 bridgehead atoms. The van der Waals surface area contributed by atoms with E-state index in [1.807, 2.05) is 0 Å². The van der Waals surface area contributed by atoms with Crippen molar-refractivity contribution in [2.45, 2.75) is 31.9 Å². The average molecular weight is 341 g/mol. The number of ether oxygens (including phenoxy) is 2. The summed E-state index contributed by atoms with van der Waals surface area (Å²) in [6.45, 7) is 3.08. The Balaban J connectivity index is 1.62. The van der Waals surface area contributed by atoms with Gasteiger partial charge in [-0.25, -0.2) is 8.78 Å². The SMILES string of the molecule is CN=C(NCCCOC1CCOCC1)NCc1cc(F)ccc1F. The van der Waals surface area contributed by atoms with E-state index in [1.54, 1.807) is 7.05 Å². The van der Waals surface area contributed by atoms with Gasteiger partial charge >= 0.3 is 0 Å². The average Bonchev–Trinajstić information content (AvgIpc) is 2.61. The van der Waals surface area contributed by atoms with Gasteiger partial charge in [-0.1, -0.05) is 0 Å². The number of benzene rings is 1. The van der Waals surface area contributed by atoms with Crippen LogP contribution in [0.15, 0.2) is 23.2 Å². The Morgan fingerprint density at radius 2 is 2.08 bits per heavy atom. The summed E-state index contributed by atoms with van der Waals surface area (Å²) in [5, 5.41) is 6.10. The number of guanidine groups is 1. The molecule has 1 fully saturated rings. The van der Waals surface area contributed by atoms with Crippen LogP contribution in [0.4, 0.5) is 8.78 Å². The van der Waals surface area contributed by atoms with E-state index >= 15 is 0 Å². The Kier molecular flexibility index (Phi) is 7.91. The van der Waals surface area contributed by atoms with Crippen LogP contribution < -0.4 is 10.6 Å². The van der Waals surface area contributed by atoms with Gasteiger partial charge in [0.05, 0.1) is 6.10 Å². The van der Waals surface area contributed by atoms with Crippen LogP contribution in [0.1, 0.15) is 24.8 Å². The number of halogens is 2. The van der Waals surface area contributed by atoms with Crippen molar-refractivity contribution in [2.24, 2.45) is 4.99 Å². The summed E-state index contributed by atoms with van der Waals surface area (Å²) in [4.78, 5) is 4.06. The lowest BCUT2D eigenvalue weighted by Crippen LogP contribution is -2.38. The maximum atomic E-state index is 13.6. The minimum absolute atomic E-state index is 0.168. The number of aliphatic imine (C=N–C) groups is 1. The predicted molar refractivity (Wildman–Crippen MR) is 89.0 cm³/mol. The molecule has 2 N–H and O–H groups in total. The molecule has 0 aromatic heterocycles. The van der Waals surface area contributed by atoms with Crippen molar-refractivity contribution in [1.29, 1.82) is 0 Å². The molecule has 134 valence electrons. The normalized spacial score (nSPS) is 16.2.